The van der Waals surface area contributed by atoms with E-state index in [4.69, 9.17) is 4.42 Å². The van der Waals surface area contributed by atoms with Crippen LogP contribution in [0.1, 0.15) is 5.76 Å². The molecule has 4 nitrogen and oxygen atoms in total. The number of imide groups is 1. The van der Waals surface area contributed by atoms with Crippen molar-refractivity contribution in [3.63, 3.8) is 0 Å². The van der Waals surface area contributed by atoms with Crippen molar-refractivity contribution in [1.82, 2.24) is 5.32 Å². The van der Waals surface area contributed by atoms with Gasteiger partial charge in [0.05, 0.1) is 0 Å². The minimum atomic E-state index is -0.413. The molecule has 0 saturated carbocycles. The molecule has 0 aliphatic carbocycles. The van der Waals surface area contributed by atoms with Gasteiger partial charge in [-0.25, -0.2) is 0 Å². The quantitative estimate of drug-likeness (QED) is 0.578. The predicted molar refractivity (Wildman–Crippen MR) is 46.0 cm³/mol. The van der Waals surface area contributed by atoms with E-state index < -0.39 is 15.0 Å². The first-order chi connectivity index (χ1) is 6.25. The third kappa shape index (κ3) is 1.71. The van der Waals surface area contributed by atoms with Gasteiger partial charge in [-0.15, -0.1) is 0 Å². The van der Waals surface area contributed by atoms with Crippen LogP contribution >= 0.6 is 0 Å². The van der Waals surface area contributed by atoms with Crippen molar-refractivity contribution in [2.24, 2.45) is 0 Å². The molecule has 5 heteroatoms. The molecule has 0 spiro atoms. The van der Waals surface area contributed by atoms with E-state index in [9.17, 15) is 9.59 Å². The Labute approximate surface area is 80.1 Å². The first-order valence-corrected chi connectivity index (χ1v) is 5.25. The third-order valence-electron chi connectivity index (χ3n) is 1.46. The monoisotopic (exact) mass is 243 g/mol. The molecular weight excluding hydrogens is 237 g/mol. The molecule has 1 aromatic rings. The van der Waals surface area contributed by atoms with Crippen LogP contribution in [0.4, 0.5) is 4.79 Å². The van der Waals surface area contributed by atoms with Gasteiger partial charge in [0, 0.05) is 0 Å². The number of carbonyl (C=O) groups is 2. The summed E-state index contributed by atoms with van der Waals surface area (Å²) in [6.45, 7) is 0. The van der Waals surface area contributed by atoms with E-state index in [-0.39, 0.29) is 10.7 Å². The van der Waals surface area contributed by atoms with Gasteiger partial charge in [-0.3, -0.25) is 0 Å². The molecule has 66 valence electrons. The molecule has 1 aliphatic heterocycles. The second-order valence-electron chi connectivity index (χ2n) is 2.37. The second-order valence-corrected chi connectivity index (χ2v) is 4.50. The molecule has 0 unspecified atom stereocenters. The maximum atomic E-state index is 11.1. The van der Waals surface area contributed by atoms with Gasteiger partial charge in [-0.05, 0) is 0 Å². The summed E-state index contributed by atoms with van der Waals surface area (Å²) in [6.07, 6.45) is 3.12. The van der Waals surface area contributed by atoms with Gasteiger partial charge < -0.3 is 0 Å². The zero-order valence-corrected chi connectivity index (χ0v) is 8.16. The fraction of sp³-hybridized carbons (Fsp3) is 0. The molecule has 0 atom stereocenters. The molecule has 0 bridgehead atoms. The Kier molecular flexibility index (Phi) is 2.04. The summed E-state index contributed by atoms with van der Waals surface area (Å²) in [5.74, 6) is 0.295. The Morgan fingerprint density at radius 3 is 2.85 bits per heavy atom. The normalized spacial score (nSPS) is 19.5. The summed E-state index contributed by atoms with van der Waals surface area (Å²) in [5, 5.41) is 2.22. The van der Waals surface area contributed by atoms with Crippen LogP contribution in [0.25, 0.3) is 6.08 Å². The van der Waals surface area contributed by atoms with E-state index in [1.54, 1.807) is 18.2 Å². The van der Waals surface area contributed by atoms with Gasteiger partial charge in [0.15, 0.2) is 0 Å². The van der Waals surface area contributed by atoms with Gasteiger partial charge >= 0.3 is 79.7 Å². The van der Waals surface area contributed by atoms with Crippen molar-refractivity contribution >= 4 is 31.7 Å². The first-order valence-electron chi connectivity index (χ1n) is 3.54. The van der Waals surface area contributed by atoms with Crippen LogP contribution in [0.15, 0.2) is 27.3 Å². The van der Waals surface area contributed by atoms with Crippen LogP contribution in [0.5, 0.6) is 0 Å². The molecule has 1 aromatic heterocycles. The summed E-state index contributed by atoms with van der Waals surface area (Å²) in [6, 6.07) is 3.47. The first kappa shape index (κ1) is 8.29. The Morgan fingerprint density at radius 1 is 1.46 bits per heavy atom. The van der Waals surface area contributed by atoms with Crippen LogP contribution in [0, 0.1) is 0 Å². The average molecular weight is 242 g/mol. The summed E-state index contributed by atoms with van der Waals surface area (Å²) >= 11 is -0.413. The van der Waals surface area contributed by atoms with E-state index in [1.807, 2.05) is 0 Å². The van der Waals surface area contributed by atoms with Crippen molar-refractivity contribution in [1.29, 1.82) is 0 Å². The fourth-order valence-corrected chi connectivity index (χ4v) is 2.31. The summed E-state index contributed by atoms with van der Waals surface area (Å²) in [4.78, 5) is 21.7. The third-order valence-corrected chi connectivity index (χ3v) is 3.16. The van der Waals surface area contributed by atoms with Crippen molar-refractivity contribution in [2.75, 3.05) is 0 Å². The Morgan fingerprint density at radius 2 is 2.31 bits per heavy atom. The second kappa shape index (κ2) is 3.20. The molecule has 2 heterocycles. The number of hydrogen-bond acceptors (Lipinski definition) is 3. The molecule has 2 rings (SSSR count). The molecule has 0 radical (unpaired) electrons. The van der Waals surface area contributed by atoms with E-state index in [2.05, 4.69) is 5.32 Å². The van der Waals surface area contributed by atoms with Gasteiger partial charge in [-0.1, -0.05) is 0 Å². The number of nitrogens with one attached hydrogen (secondary N) is 1. The standard InChI is InChI=1S/C8H5NO3Se/c10-7-6(13-8(11)9-7)4-5-2-1-3-12-5/h1-4H,(H,9,10,11)/b6-4+. The van der Waals surface area contributed by atoms with E-state index in [0.717, 1.165) is 0 Å². The van der Waals surface area contributed by atoms with E-state index in [1.165, 1.54) is 6.26 Å². The SMILES string of the molecule is O=C1NC(=O)/C(=C\c2ccco2)[Se]1. The van der Waals surface area contributed by atoms with Gasteiger partial charge in [0.2, 0.25) is 0 Å². The van der Waals surface area contributed by atoms with Crippen molar-refractivity contribution < 1.29 is 14.0 Å². The summed E-state index contributed by atoms with van der Waals surface area (Å²) < 4.78 is 5.53. The molecule has 1 fully saturated rings. The molecule has 0 aromatic carbocycles. The Bertz CT molecular complexity index is 380. The van der Waals surface area contributed by atoms with Crippen molar-refractivity contribution in [2.45, 2.75) is 0 Å². The average Bonchev–Trinajstić information content (AvgIpc) is 2.63. The van der Waals surface area contributed by atoms with Gasteiger partial charge in [0.25, 0.3) is 0 Å². The number of carbonyl (C=O) groups excluding carboxylic acids is 2. The molecule has 1 aliphatic rings. The van der Waals surface area contributed by atoms with Crippen LogP contribution in [-0.4, -0.2) is 25.7 Å². The summed E-state index contributed by atoms with van der Waals surface area (Å²) in [7, 11) is 0. The number of rotatable bonds is 1. The maximum absolute atomic E-state index is 11.1. The van der Waals surface area contributed by atoms with Gasteiger partial charge in [-0.2, -0.15) is 0 Å². The zero-order valence-electron chi connectivity index (χ0n) is 6.44. The molecule has 13 heavy (non-hydrogen) atoms. The fourth-order valence-electron chi connectivity index (χ4n) is 0.924. The minimum absolute atomic E-state index is 0.199. The van der Waals surface area contributed by atoms with Crippen LogP contribution in [0.2, 0.25) is 0 Å². The van der Waals surface area contributed by atoms with Crippen molar-refractivity contribution in [3.8, 4) is 0 Å². The topological polar surface area (TPSA) is 59.3 Å². The number of furan rings is 1. The molecule has 2 amide bonds. The van der Waals surface area contributed by atoms with Crippen LogP contribution < -0.4 is 5.32 Å². The van der Waals surface area contributed by atoms with Crippen LogP contribution in [-0.2, 0) is 4.79 Å². The number of hydrogen-bond donors (Lipinski definition) is 1. The molecule has 1 saturated heterocycles. The molecule has 1 N–H and O–H groups in total. The van der Waals surface area contributed by atoms with Crippen molar-refractivity contribution in [3.05, 3.63) is 28.6 Å². The predicted octanol–water partition coefficient (Wildman–Crippen LogP) is 0.575. The van der Waals surface area contributed by atoms with E-state index in [0.29, 0.717) is 10.2 Å². The number of amides is 2. The molecular formula is C8H5NO3Se. The Hall–Kier alpha value is -1.32. The summed E-state index contributed by atoms with van der Waals surface area (Å²) in [5.41, 5.74) is 0. The zero-order chi connectivity index (χ0) is 9.26. The van der Waals surface area contributed by atoms with E-state index >= 15 is 0 Å². The van der Waals surface area contributed by atoms with Crippen LogP contribution in [0.3, 0.4) is 0 Å². The Balaban J connectivity index is 2.27. The van der Waals surface area contributed by atoms with Gasteiger partial charge in [0.1, 0.15) is 0 Å².